The molecule has 0 spiro atoms. The number of amides is 1. The third kappa shape index (κ3) is 7.22. The Labute approximate surface area is 230 Å². The van der Waals surface area contributed by atoms with Crippen molar-refractivity contribution < 1.29 is 56.2 Å². The lowest BCUT2D eigenvalue weighted by atomic mass is 9.96. The minimum Gasteiger partial charge on any atom is -0.623 e. The van der Waals surface area contributed by atoms with Gasteiger partial charge in [0.2, 0.25) is 6.04 Å². The number of methoxy groups -OCH3 is 3. The number of ether oxygens (including phenoxy) is 6. The van der Waals surface area contributed by atoms with Gasteiger partial charge in [-0.05, 0) is 45.0 Å². The Morgan fingerprint density at radius 3 is 2.38 bits per heavy atom. The van der Waals surface area contributed by atoms with E-state index in [0.29, 0.717) is 21.0 Å². The highest BCUT2D eigenvalue weighted by molar-refractivity contribution is 5.82. The van der Waals surface area contributed by atoms with E-state index in [2.05, 4.69) is 0 Å². The average Bonchev–Trinajstić information content (AvgIpc) is 2.90. The molecule has 1 aromatic carbocycles. The van der Waals surface area contributed by atoms with Gasteiger partial charge in [0.05, 0.1) is 25.9 Å². The summed E-state index contributed by atoms with van der Waals surface area (Å²) in [5, 5.41) is 24.3. The third-order valence-corrected chi connectivity index (χ3v) is 7.01. The van der Waals surface area contributed by atoms with Crippen LogP contribution in [0.3, 0.4) is 0 Å². The Balaban J connectivity index is 1.77. The van der Waals surface area contributed by atoms with Gasteiger partial charge in [0, 0.05) is 32.2 Å². The van der Waals surface area contributed by atoms with Crippen LogP contribution in [0.15, 0.2) is 24.3 Å². The number of carbonyl (C=O) groups excluding carboxylic acids is 1. The van der Waals surface area contributed by atoms with Crippen LogP contribution >= 0.6 is 0 Å². The molecule has 2 heterocycles. The molecule has 3 rings (SSSR count). The predicted octanol–water partition coefficient (Wildman–Crippen LogP) is 2.06. The number of halogens is 3. The number of aliphatic hydroxyl groups is 1. The van der Waals surface area contributed by atoms with Gasteiger partial charge < -0.3 is 43.6 Å². The fourth-order valence-corrected chi connectivity index (χ4v) is 5.04. The van der Waals surface area contributed by atoms with Gasteiger partial charge in [0.25, 0.3) is 0 Å². The summed E-state index contributed by atoms with van der Waals surface area (Å²) in [6, 6.07) is 3.83. The zero-order valence-electron chi connectivity index (χ0n) is 23.2. The Morgan fingerprint density at radius 1 is 1.20 bits per heavy atom. The number of hydrogen-bond donors (Lipinski definition) is 1. The molecule has 0 saturated carbocycles. The zero-order valence-corrected chi connectivity index (χ0v) is 23.2. The first-order valence-electron chi connectivity index (χ1n) is 12.8. The van der Waals surface area contributed by atoms with E-state index in [1.807, 2.05) is 0 Å². The minimum absolute atomic E-state index is 0.0611. The van der Waals surface area contributed by atoms with E-state index >= 15 is 0 Å². The lowest BCUT2D eigenvalue weighted by Crippen LogP contribution is -2.63. The molecule has 2 saturated heterocycles. The van der Waals surface area contributed by atoms with Crippen LogP contribution in [0.2, 0.25) is 0 Å². The lowest BCUT2D eigenvalue weighted by molar-refractivity contribution is -0.543. The summed E-state index contributed by atoms with van der Waals surface area (Å²) in [7, 11) is 4.18. The molecule has 1 N–H and O–H groups in total. The van der Waals surface area contributed by atoms with Gasteiger partial charge in [-0.25, -0.2) is 4.74 Å². The van der Waals surface area contributed by atoms with Crippen LogP contribution in [-0.2, 0) is 28.5 Å². The van der Waals surface area contributed by atoms with Gasteiger partial charge in [-0.1, -0.05) is 0 Å². The van der Waals surface area contributed by atoms with Gasteiger partial charge >= 0.3 is 12.1 Å². The first kappa shape index (κ1) is 32.0. The standard InChI is InChI=1S/C26H37F3N2O9/c1-14(2)31(25(33)26(27,28)29)18-13-38-20(11-19(18)36-5)40-23-22(32)21(15(3)39-24(23)37-6)30(34)12-16-7-9-17(35-4)10-8-16/h7-10,12,14-15,18-24,32H,11,13H2,1-6H3/b30-12-/t15-,18+,19+,20+,21-,22+,23-,24+/m1/s1. The van der Waals surface area contributed by atoms with E-state index in [1.165, 1.54) is 41.4 Å². The van der Waals surface area contributed by atoms with Crippen LogP contribution in [0.4, 0.5) is 13.2 Å². The molecule has 40 heavy (non-hydrogen) atoms. The predicted molar refractivity (Wildman–Crippen MR) is 135 cm³/mol. The van der Waals surface area contributed by atoms with Crippen molar-refractivity contribution in [1.29, 1.82) is 0 Å². The van der Waals surface area contributed by atoms with Gasteiger partial charge in [-0.3, -0.25) is 4.79 Å². The largest absolute Gasteiger partial charge is 0.623 e. The number of benzene rings is 1. The Hall–Kier alpha value is -2.49. The van der Waals surface area contributed by atoms with Gasteiger partial charge in [0.15, 0.2) is 24.9 Å². The SMILES string of the molecule is COc1ccc(/C=[N+](\[O-])[C@H]2[C@H](O)[C@@H](O[C@H]3C[C@H](OC)[C@@H](N(C(=O)C(F)(F)F)C(C)C)CO3)[C@@H](OC)O[C@@H]2C)cc1. The number of carbonyl (C=O) groups is 1. The van der Waals surface area contributed by atoms with E-state index in [4.69, 9.17) is 28.4 Å². The van der Waals surface area contributed by atoms with Gasteiger partial charge in [-0.15, -0.1) is 0 Å². The van der Waals surface area contributed by atoms with Crippen molar-refractivity contribution >= 4 is 12.1 Å². The Bertz CT molecular complexity index is 1010. The van der Waals surface area contributed by atoms with E-state index in [9.17, 15) is 28.3 Å². The highest BCUT2D eigenvalue weighted by Gasteiger charge is 2.52. The second-order valence-electron chi connectivity index (χ2n) is 9.93. The number of aliphatic hydroxyl groups excluding tert-OH is 1. The molecular weight excluding hydrogens is 541 g/mol. The first-order chi connectivity index (χ1) is 18.8. The second kappa shape index (κ2) is 13.4. The number of rotatable bonds is 9. The van der Waals surface area contributed by atoms with Crippen LogP contribution in [0, 0.1) is 5.21 Å². The molecule has 2 fully saturated rings. The van der Waals surface area contributed by atoms with Crippen LogP contribution in [0.1, 0.15) is 32.8 Å². The second-order valence-corrected chi connectivity index (χ2v) is 9.93. The van der Waals surface area contributed by atoms with Crippen LogP contribution in [0.25, 0.3) is 0 Å². The Morgan fingerprint density at radius 2 is 1.85 bits per heavy atom. The topological polar surface area (TPSA) is 122 Å². The summed E-state index contributed by atoms with van der Waals surface area (Å²) < 4.78 is 73.8. The van der Waals surface area contributed by atoms with Crippen molar-refractivity contribution in [1.82, 2.24) is 4.90 Å². The molecular formula is C26H37F3N2O9. The molecule has 1 aromatic rings. The zero-order chi connectivity index (χ0) is 29.8. The maximum atomic E-state index is 13.3. The molecule has 2 aliphatic heterocycles. The van der Waals surface area contributed by atoms with Crippen molar-refractivity contribution in [3.8, 4) is 5.75 Å². The highest BCUT2D eigenvalue weighted by Crippen LogP contribution is 2.32. The maximum absolute atomic E-state index is 13.3. The molecule has 0 unspecified atom stereocenters. The molecule has 0 aliphatic carbocycles. The van der Waals surface area contributed by atoms with E-state index in [-0.39, 0.29) is 13.0 Å². The van der Waals surface area contributed by atoms with Crippen LogP contribution < -0.4 is 4.74 Å². The monoisotopic (exact) mass is 578 g/mol. The van der Waals surface area contributed by atoms with E-state index in [0.717, 1.165) is 0 Å². The van der Waals surface area contributed by atoms with Crippen molar-refractivity contribution in [2.75, 3.05) is 27.9 Å². The van der Waals surface area contributed by atoms with E-state index < -0.39 is 67.2 Å². The molecule has 11 nitrogen and oxygen atoms in total. The maximum Gasteiger partial charge on any atom is 0.471 e. The summed E-state index contributed by atoms with van der Waals surface area (Å²) in [6.07, 6.45) is -10.2. The first-order valence-corrected chi connectivity index (χ1v) is 12.8. The molecule has 8 atom stereocenters. The molecule has 2 aliphatic rings. The Kier molecular flexibility index (Phi) is 10.8. The molecule has 226 valence electrons. The van der Waals surface area contributed by atoms with Crippen LogP contribution in [-0.4, -0.2) is 116 Å². The van der Waals surface area contributed by atoms with E-state index in [1.54, 1.807) is 31.2 Å². The third-order valence-electron chi connectivity index (χ3n) is 7.01. The normalized spacial score (nSPS) is 31.7. The summed E-state index contributed by atoms with van der Waals surface area (Å²) >= 11 is 0. The molecule has 0 aromatic heterocycles. The number of hydroxylamine groups is 1. The molecule has 0 bridgehead atoms. The average molecular weight is 579 g/mol. The molecule has 0 radical (unpaired) electrons. The highest BCUT2D eigenvalue weighted by atomic mass is 19.4. The summed E-state index contributed by atoms with van der Waals surface area (Å²) in [6.45, 7) is 4.24. The van der Waals surface area contributed by atoms with Crippen molar-refractivity contribution in [3.05, 3.63) is 35.0 Å². The summed E-state index contributed by atoms with van der Waals surface area (Å²) in [4.78, 5) is 12.8. The molecule has 1 amide bonds. The fourth-order valence-electron chi connectivity index (χ4n) is 5.04. The van der Waals surface area contributed by atoms with Gasteiger partial charge in [0.1, 0.15) is 18.0 Å². The lowest BCUT2D eigenvalue weighted by Gasteiger charge is -2.46. The summed E-state index contributed by atoms with van der Waals surface area (Å²) in [5.41, 5.74) is 0.564. The summed E-state index contributed by atoms with van der Waals surface area (Å²) in [5.74, 6) is -1.38. The van der Waals surface area contributed by atoms with Crippen molar-refractivity contribution in [3.63, 3.8) is 0 Å². The van der Waals surface area contributed by atoms with Gasteiger partial charge in [-0.2, -0.15) is 13.2 Å². The van der Waals surface area contributed by atoms with Crippen molar-refractivity contribution in [2.45, 2.75) is 88.5 Å². The smallest absolute Gasteiger partial charge is 0.471 e. The number of alkyl halides is 3. The fraction of sp³-hybridized carbons (Fsp3) is 0.692. The quantitative estimate of drug-likeness (QED) is 0.203. The van der Waals surface area contributed by atoms with Crippen molar-refractivity contribution in [2.24, 2.45) is 0 Å². The number of hydrogen-bond acceptors (Lipinski definition) is 9. The molecule has 14 heteroatoms. The van der Waals surface area contributed by atoms with Crippen LogP contribution in [0.5, 0.6) is 5.75 Å². The number of nitrogens with zero attached hydrogens (tertiary/aromatic N) is 2. The minimum atomic E-state index is -5.07.